The summed E-state index contributed by atoms with van der Waals surface area (Å²) in [7, 11) is 0. The third kappa shape index (κ3) is 4.07. The minimum atomic E-state index is -0.0542. The lowest BCUT2D eigenvalue weighted by molar-refractivity contribution is 0.0195. The van der Waals surface area contributed by atoms with E-state index in [-0.39, 0.29) is 5.60 Å². The maximum atomic E-state index is 5.65. The van der Waals surface area contributed by atoms with Crippen LogP contribution in [0.1, 0.15) is 41.0 Å². The van der Waals surface area contributed by atoms with E-state index in [1.54, 1.807) is 0 Å². The molecule has 11 heavy (non-hydrogen) atoms. The van der Waals surface area contributed by atoms with Crippen LogP contribution in [0.3, 0.4) is 0 Å². The number of hydrogen-bond acceptors (Lipinski definition) is 1. The molecule has 0 aromatic heterocycles. The van der Waals surface area contributed by atoms with Crippen molar-refractivity contribution in [3.8, 4) is 0 Å². The van der Waals surface area contributed by atoms with Crippen molar-refractivity contribution in [3.63, 3.8) is 0 Å². The third-order valence-electron chi connectivity index (χ3n) is 1.90. The average molecular weight is 156 g/mol. The lowest BCUT2D eigenvalue weighted by Crippen LogP contribution is -2.23. The second-order valence-electron chi connectivity index (χ2n) is 3.84. The molecule has 0 aliphatic rings. The zero-order valence-electron chi connectivity index (χ0n) is 8.40. The van der Waals surface area contributed by atoms with Gasteiger partial charge < -0.3 is 4.74 Å². The summed E-state index contributed by atoms with van der Waals surface area (Å²) in [5.74, 6) is 1.30. The third-order valence-corrected chi connectivity index (χ3v) is 1.90. The van der Waals surface area contributed by atoms with E-state index < -0.39 is 0 Å². The van der Waals surface area contributed by atoms with E-state index >= 15 is 0 Å². The first-order valence-electron chi connectivity index (χ1n) is 4.27. The van der Waals surface area contributed by atoms with Crippen LogP contribution in [0, 0.1) is 5.92 Å². The van der Waals surface area contributed by atoms with Crippen LogP contribution in [0.15, 0.2) is 12.3 Å². The van der Waals surface area contributed by atoms with Crippen LogP contribution in [0.4, 0.5) is 0 Å². The van der Waals surface area contributed by atoms with E-state index in [0.717, 1.165) is 12.2 Å². The fraction of sp³-hybridized carbons (Fsp3) is 0.800. The molecule has 0 N–H and O–H groups in total. The Bertz CT molecular complexity index is 134. The summed E-state index contributed by atoms with van der Waals surface area (Å²) in [6.07, 6.45) is 1.01. The van der Waals surface area contributed by atoms with Gasteiger partial charge in [0.05, 0.1) is 5.76 Å². The molecular weight excluding hydrogens is 136 g/mol. The molecule has 0 radical (unpaired) electrons. The normalized spacial score (nSPS) is 11.8. The van der Waals surface area contributed by atoms with Gasteiger partial charge in [-0.2, -0.15) is 0 Å². The van der Waals surface area contributed by atoms with Gasteiger partial charge in [0, 0.05) is 5.92 Å². The zero-order chi connectivity index (χ0) is 9.07. The van der Waals surface area contributed by atoms with Crippen molar-refractivity contribution < 1.29 is 4.74 Å². The van der Waals surface area contributed by atoms with E-state index in [2.05, 4.69) is 41.2 Å². The van der Waals surface area contributed by atoms with Gasteiger partial charge in [0.15, 0.2) is 0 Å². The predicted octanol–water partition coefficient (Wildman–Crippen LogP) is 3.36. The maximum absolute atomic E-state index is 5.65. The Morgan fingerprint density at radius 3 is 2.18 bits per heavy atom. The lowest BCUT2D eigenvalue weighted by atomic mass is 10.1. The van der Waals surface area contributed by atoms with E-state index in [1.165, 1.54) is 0 Å². The van der Waals surface area contributed by atoms with E-state index in [4.69, 9.17) is 4.74 Å². The molecule has 0 bridgehead atoms. The van der Waals surface area contributed by atoms with Crippen LogP contribution < -0.4 is 0 Å². The molecule has 0 fully saturated rings. The predicted molar refractivity (Wildman–Crippen MR) is 49.4 cm³/mol. The second kappa shape index (κ2) is 3.80. The molecule has 0 aromatic rings. The largest absolute Gasteiger partial charge is 0.493 e. The summed E-state index contributed by atoms with van der Waals surface area (Å²) in [6.45, 7) is 14.3. The molecular formula is C10H20O. The van der Waals surface area contributed by atoms with Crippen molar-refractivity contribution in [1.29, 1.82) is 0 Å². The summed E-state index contributed by atoms with van der Waals surface area (Å²) in [6, 6.07) is 0. The Labute approximate surface area is 70.4 Å². The van der Waals surface area contributed by atoms with Gasteiger partial charge >= 0.3 is 0 Å². The summed E-state index contributed by atoms with van der Waals surface area (Å²) in [5.41, 5.74) is -0.0542. The number of hydrogen-bond donors (Lipinski definition) is 0. The van der Waals surface area contributed by atoms with Gasteiger partial charge in [0.1, 0.15) is 5.60 Å². The molecule has 0 unspecified atom stereocenters. The van der Waals surface area contributed by atoms with E-state index in [0.29, 0.717) is 5.92 Å². The van der Waals surface area contributed by atoms with Crippen LogP contribution in [-0.4, -0.2) is 5.60 Å². The fourth-order valence-corrected chi connectivity index (χ4v) is 0.545. The Kier molecular flexibility index (Phi) is 3.64. The second-order valence-corrected chi connectivity index (χ2v) is 3.84. The first kappa shape index (κ1) is 10.5. The van der Waals surface area contributed by atoms with Gasteiger partial charge in [0.25, 0.3) is 0 Å². The summed E-state index contributed by atoms with van der Waals surface area (Å²) in [5, 5.41) is 0. The Balaban J connectivity index is 3.94. The number of rotatable bonds is 4. The smallest absolute Gasteiger partial charge is 0.103 e. The highest BCUT2D eigenvalue weighted by Crippen LogP contribution is 2.21. The van der Waals surface area contributed by atoms with Gasteiger partial charge in [-0.05, 0) is 20.3 Å². The van der Waals surface area contributed by atoms with Crippen molar-refractivity contribution in [3.05, 3.63) is 12.3 Å². The molecule has 0 amide bonds. The monoisotopic (exact) mass is 156 g/mol. The molecule has 0 aromatic carbocycles. The Morgan fingerprint density at radius 1 is 1.45 bits per heavy atom. The number of allylic oxidation sites excluding steroid dienone is 1. The lowest BCUT2D eigenvalue weighted by Gasteiger charge is -2.27. The minimum absolute atomic E-state index is 0.0542. The molecule has 0 saturated carbocycles. The van der Waals surface area contributed by atoms with Gasteiger partial charge in [-0.1, -0.05) is 27.4 Å². The van der Waals surface area contributed by atoms with Crippen molar-refractivity contribution in [2.45, 2.75) is 46.6 Å². The highest BCUT2D eigenvalue weighted by molar-refractivity contribution is 4.89. The molecule has 0 heterocycles. The van der Waals surface area contributed by atoms with Crippen molar-refractivity contribution in [1.82, 2.24) is 0 Å². The molecule has 0 rings (SSSR count). The van der Waals surface area contributed by atoms with Crippen molar-refractivity contribution in [2.24, 2.45) is 5.92 Å². The molecule has 0 aliphatic heterocycles. The molecule has 0 spiro atoms. The first-order valence-corrected chi connectivity index (χ1v) is 4.27. The zero-order valence-corrected chi connectivity index (χ0v) is 8.40. The van der Waals surface area contributed by atoms with E-state index in [9.17, 15) is 0 Å². The average Bonchev–Trinajstić information content (AvgIpc) is 1.87. The molecule has 0 aliphatic carbocycles. The molecule has 66 valence electrons. The standard InChI is InChI=1S/C10H20O/c1-7-10(5,6)11-9(4)8(2)3/h8H,4,7H2,1-3,5-6H3. The van der Waals surface area contributed by atoms with Gasteiger partial charge in [-0.25, -0.2) is 0 Å². The molecule has 0 saturated heterocycles. The van der Waals surface area contributed by atoms with Crippen LogP contribution >= 0.6 is 0 Å². The molecule has 0 atom stereocenters. The Hall–Kier alpha value is -0.460. The fourth-order valence-electron chi connectivity index (χ4n) is 0.545. The highest BCUT2D eigenvalue weighted by Gasteiger charge is 2.18. The molecule has 1 nitrogen and oxygen atoms in total. The first-order chi connectivity index (χ1) is 4.89. The molecule has 1 heteroatoms. The summed E-state index contributed by atoms with van der Waals surface area (Å²) < 4.78 is 5.65. The summed E-state index contributed by atoms with van der Waals surface area (Å²) in [4.78, 5) is 0. The van der Waals surface area contributed by atoms with Crippen LogP contribution in [0.5, 0.6) is 0 Å². The Morgan fingerprint density at radius 2 is 1.91 bits per heavy atom. The van der Waals surface area contributed by atoms with Gasteiger partial charge in [-0.3, -0.25) is 0 Å². The van der Waals surface area contributed by atoms with Gasteiger partial charge in [-0.15, -0.1) is 0 Å². The minimum Gasteiger partial charge on any atom is -0.493 e. The van der Waals surface area contributed by atoms with Crippen LogP contribution in [-0.2, 0) is 4.74 Å². The van der Waals surface area contributed by atoms with Crippen LogP contribution in [0.2, 0.25) is 0 Å². The van der Waals surface area contributed by atoms with Crippen molar-refractivity contribution in [2.75, 3.05) is 0 Å². The van der Waals surface area contributed by atoms with Crippen LogP contribution in [0.25, 0.3) is 0 Å². The van der Waals surface area contributed by atoms with Gasteiger partial charge in [0.2, 0.25) is 0 Å². The van der Waals surface area contributed by atoms with E-state index in [1.807, 2.05) is 0 Å². The quantitative estimate of drug-likeness (QED) is 0.567. The van der Waals surface area contributed by atoms with Crippen molar-refractivity contribution >= 4 is 0 Å². The topological polar surface area (TPSA) is 9.23 Å². The highest BCUT2D eigenvalue weighted by atomic mass is 16.5. The SMILES string of the molecule is C=C(OC(C)(C)CC)C(C)C. The maximum Gasteiger partial charge on any atom is 0.103 e. The number of ether oxygens (including phenoxy) is 1. The summed E-state index contributed by atoms with van der Waals surface area (Å²) >= 11 is 0.